The number of hydrogen-bond acceptors (Lipinski definition) is 3. The van der Waals surface area contributed by atoms with E-state index in [2.05, 4.69) is 10.6 Å². The van der Waals surface area contributed by atoms with Crippen LogP contribution in [0.4, 0.5) is 10.1 Å². The van der Waals surface area contributed by atoms with Crippen molar-refractivity contribution < 1.29 is 14.0 Å². The molecule has 2 aromatic carbocycles. The number of aromatic nitrogens is 1. The molecule has 0 saturated carbocycles. The first kappa shape index (κ1) is 20.0. The van der Waals surface area contributed by atoms with Gasteiger partial charge in [-0.25, -0.2) is 4.39 Å². The third-order valence-electron chi connectivity index (χ3n) is 4.24. The molecule has 29 heavy (non-hydrogen) atoms. The van der Waals surface area contributed by atoms with Gasteiger partial charge >= 0.3 is 0 Å². The van der Waals surface area contributed by atoms with Crippen molar-refractivity contribution in [2.75, 3.05) is 11.9 Å². The Morgan fingerprint density at radius 1 is 0.966 bits per heavy atom. The van der Waals surface area contributed by atoms with E-state index in [-0.39, 0.29) is 11.5 Å². The fourth-order valence-corrected chi connectivity index (χ4v) is 2.71. The molecule has 3 aromatic rings. The van der Waals surface area contributed by atoms with Crippen molar-refractivity contribution in [3.05, 3.63) is 94.2 Å². The molecule has 1 heterocycles. The van der Waals surface area contributed by atoms with E-state index in [9.17, 15) is 18.8 Å². The van der Waals surface area contributed by atoms with Gasteiger partial charge in [0.2, 0.25) is 0 Å². The van der Waals surface area contributed by atoms with Gasteiger partial charge in [-0.15, -0.1) is 0 Å². The van der Waals surface area contributed by atoms with Gasteiger partial charge in [-0.3, -0.25) is 19.0 Å². The van der Waals surface area contributed by atoms with Crippen molar-refractivity contribution >= 4 is 17.5 Å². The van der Waals surface area contributed by atoms with E-state index in [1.165, 1.54) is 34.9 Å². The highest BCUT2D eigenvalue weighted by atomic mass is 19.1. The molecular formula is C22H20FN3O3. The highest BCUT2D eigenvalue weighted by molar-refractivity contribution is 6.04. The Morgan fingerprint density at radius 2 is 1.66 bits per heavy atom. The number of pyridine rings is 1. The quantitative estimate of drug-likeness (QED) is 0.674. The number of carbonyl (C=O) groups is 2. The zero-order valence-corrected chi connectivity index (χ0v) is 15.8. The first-order chi connectivity index (χ1) is 14.0. The zero-order chi connectivity index (χ0) is 20.8. The summed E-state index contributed by atoms with van der Waals surface area (Å²) < 4.78 is 14.3. The zero-order valence-electron chi connectivity index (χ0n) is 15.8. The summed E-state index contributed by atoms with van der Waals surface area (Å²) in [4.78, 5) is 37.0. The summed E-state index contributed by atoms with van der Waals surface area (Å²) in [7, 11) is 0. The highest BCUT2D eigenvalue weighted by Crippen LogP contribution is 2.14. The van der Waals surface area contributed by atoms with Gasteiger partial charge in [0.1, 0.15) is 11.4 Å². The second-order valence-corrected chi connectivity index (χ2v) is 6.36. The van der Waals surface area contributed by atoms with Crippen molar-refractivity contribution in [3.8, 4) is 5.69 Å². The molecule has 0 radical (unpaired) electrons. The molecule has 0 unspecified atom stereocenters. The molecule has 0 atom stereocenters. The molecule has 0 bridgehead atoms. The minimum atomic E-state index is -0.427. The summed E-state index contributed by atoms with van der Waals surface area (Å²) in [5, 5.41) is 5.41. The van der Waals surface area contributed by atoms with Gasteiger partial charge in [0, 0.05) is 29.7 Å². The molecule has 148 valence electrons. The maximum Gasteiger partial charge on any atom is 0.267 e. The minimum Gasteiger partial charge on any atom is -0.352 e. The Bertz CT molecular complexity index is 1070. The molecule has 1 aromatic heterocycles. The van der Waals surface area contributed by atoms with E-state index in [0.717, 1.165) is 6.42 Å². The van der Waals surface area contributed by atoms with E-state index in [4.69, 9.17) is 0 Å². The van der Waals surface area contributed by atoms with Gasteiger partial charge in [-0.1, -0.05) is 6.92 Å². The number of amides is 2. The Hall–Kier alpha value is -3.74. The van der Waals surface area contributed by atoms with Gasteiger partial charge in [0.15, 0.2) is 0 Å². The van der Waals surface area contributed by atoms with Crippen LogP contribution in [0.15, 0.2) is 71.7 Å². The molecule has 0 fully saturated rings. The third-order valence-corrected chi connectivity index (χ3v) is 4.24. The monoisotopic (exact) mass is 393 g/mol. The van der Waals surface area contributed by atoms with Gasteiger partial charge in [0.05, 0.1) is 0 Å². The molecule has 2 N–H and O–H groups in total. The molecule has 2 amide bonds. The molecule has 0 saturated heterocycles. The van der Waals surface area contributed by atoms with Crippen LogP contribution in [0.2, 0.25) is 0 Å². The summed E-state index contributed by atoms with van der Waals surface area (Å²) in [6.45, 7) is 2.43. The summed E-state index contributed by atoms with van der Waals surface area (Å²) in [6.07, 6.45) is 2.35. The predicted octanol–water partition coefficient (Wildman–Crippen LogP) is 3.37. The fourth-order valence-electron chi connectivity index (χ4n) is 2.71. The number of nitrogens with zero attached hydrogens (tertiary/aromatic N) is 1. The van der Waals surface area contributed by atoms with Crippen LogP contribution in [0.1, 0.15) is 34.1 Å². The number of anilines is 1. The van der Waals surface area contributed by atoms with E-state index in [1.54, 1.807) is 36.5 Å². The smallest absolute Gasteiger partial charge is 0.267 e. The van der Waals surface area contributed by atoms with Crippen LogP contribution < -0.4 is 16.2 Å². The van der Waals surface area contributed by atoms with Crippen molar-refractivity contribution in [2.45, 2.75) is 13.3 Å². The Morgan fingerprint density at radius 3 is 2.31 bits per heavy atom. The summed E-state index contributed by atoms with van der Waals surface area (Å²) in [6, 6.07) is 15.0. The molecule has 0 aliphatic rings. The Balaban J connectivity index is 1.78. The molecule has 0 aliphatic carbocycles. The predicted molar refractivity (Wildman–Crippen MR) is 109 cm³/mol. The second kappa shape index (κ2) is 8.97. The summed E-state index contributed by atoms with van der Waals surface area (Å²) in [5.41, 5.74) is 1.05. The van der Waals surface area contributed by atoms with Gasteiger partial charge in [-0.2, -0.15) is 0 Å². The second-order valence-electron chi connectivity index (χ2n) is 6.36. The lowest BCUT2D eigenvalue weighted by Gasteiger charge is -2.10. The molecule has 0 spiro atoms. The number of hydrogen-bond donors (Lipinski definition) is 2. The van der Waals surface area contributed by atoms with Crippen molar-refractivity contribution in [1.82, 2.24) is 9.88 Å². The lowest BCUT2D eigenvalue weighted by atomic mass is 10.2. The number of benzene rings is 2. The van der Waals surface area contributed by atoms with Crippen molar-refractivity contribution in [3.63, 3.8) is 0 Å². The van der Waals surface area contributed by atoms with E-state index < -0.39 is 17.3 Å². The third kappa shape index (κ3) is 4.76. The molecular weight excluding hydrogens is 373 g/mol. The topological polar surface area (TPSA) is 80.2 Å². The van der Waals surface area contributed by atoms with Gasteiger partial charge < -0.3 is 10.6 Å². The number of halogens is 1. The average Bonchev–Trinajstić information content (AvgIpc) is 2.73. The van der Waals surface area contributed by atoms with Gasteiger partial charge in [0.25, 0.3) is 17.4 Å². The maximum absolute atomic E-state index is 13.0. The standard InChI is InChI=1S/C22H20FN3O3/c1-2-13-24-21(28)19-4-3-14-26(22(19)29)18-11-9-17(10-12-18)25-20(27)15-5-7-16(23)8-6-15/h3-12,14H,2,13H2,1H3,(H,24,28)(H,25,27). The molecule has 0 aliphatic heterocycles. The maximum atomic E-state index is 13.0. The number of rotatable bonds is 6. The van der Waals surface area contributed by atoms with Crippen molar-refractivity contribution in [1.29, 1.82) is 0 Å². The van der Waals surface area contributed by atoms with Crippen molar-refractivity contribution in [2.24, 2.45) is 0 Å². The lowest BCUT2D eigenvalue weighted by Crippen LogP contribution is -2.32. The summed E-state index contributed by atoms with van der Waals surface area (Å²) in [5.74, 6) is -1.19. The SMILES string of the molecule is CCCNC(=O)c1cccn(-c2ccc(NC(=O)c3ccc(F)cc3)cc2)c1=O. The van der Waals surface area contributed by atoms with Crippen LogP contribution in [-0.2, 0) is 0 Å². The Kier molecular flexibility index (Phi) is 6.19. The van der Waals surface area contributed by atoms with E-state index in [0.29, 0.717) is 23.5 Å². The van der Waals surface area contributed by atoms with Crippen LogP contribution in [0.3, 0.4) is 0 Å². The van der Waals surface area contributed by atoms with Crippen LogP contribution in [-0.4, -0.2) is 22.9 Å². The molecule has 3 rings (SSSR count). The number of carbonyl (C=O) groups excluding carboxylic acids is 2. The van der Waals surface area contributed by atoms with E-state index in [1.807, 2.05) is 6.92 Å². The fraction of sp³-hybridized carbons (Fsp3) is 0.136. The average molecular weight is 393 g/mol. The highest BCUT2D eigenvalue weighted by Gasteiger charge is 2.12. The van der Waals surface area contributed by atoms with Crippen LogP contribution in [0, 0.1) is 5.82 Å². The Labute approximate surface area is 167 Å². The van der Waals surface area contributed by atoms with Crippen LogP contribution in [0.5, 0.6) is 0 Å². The molecule has 7 heteroatoms. The van der Waals surface area contributed by atoms with Crippen LogP contribution >= 0.6 is 0 Å². The van der Waals surface area contributed by atoms with E-state index >= 15 is 0 Å². The largest absolute Gasteiger partial charge is 0.352 e. The minimum absolute atomic E-state index is 0.0645. The van der Waals surface area contributed by atoms with Crippen LogP contribution in [0.25, 0.3) is 5.69 Å². The normalized spacial score (nSPS) is 10.4. The molecule has 6 nitrogen and oxygen atoms in total. The first-order valence-electron chi connectivity index (χ1n) is 9.17. The lowest BCUT2D eigenvalue weighted by molar-refractivity contribution is 0.0951. The summed E-state index contributed by atoms with van der Waals surface area (Å²) >= 11 is 0. The van der Waals surface area contributed by atoms with Gasteiger partial charge in [-0.05, 0) is 67.1 Å². The first-order valence-corrected chi connectivity index (χ1v) is 9.17. The number of nitrogens with one attached hydrogen (secondary N) is 2.